The van der Waals surface area contributed by atoms with Crippen molar-refractivity contribution in [1.29, 1.82) is 0 Å². The summed E-state index contributed by atoms with van der Waals surface area (Å²) in [4.78, 5) is 17.3. The molecule has 1 aromatic carbocycles. The standard InChI is InChI=1S/C19H22N2O/c1-14-8-2-5-11-16(14)18(17-12-6-7-13-20-17)19(22)21-15-9-3-4-10-15/h2,5-8,11-13,15,18H,3-4,9-10H2,1H3,(H,21,22). The molecule has 0 aliphatic heterocycles. The highest BCUT2D eigenvalue weighted by Gasteiger charge is 2.28. The number of nitrogens with one attached hydrogen (secondary N) is 1. The molecule has 2 aromatic rings. The van der Waals surface area contributed by atoms with Gasteiger partial charge in [0.05, 0.1) is 5.69 Å². The average molecular weight is 294 g/mol. The zero-order valence-electron chi connectivity index (χ0n) is 13.0. The molecule has 1 amide bonds. The third-order valence-corrected chi connectivity index (χ3v) is 4.45. The van der Waals surface area contributed by atoms with Crippen molar-refractivity contribution in [2.24, 2.45) is 0 Å². The van der Waals surface area contributed by atoms with Gasteiger partial charge in [-0.25, -0.2) is 0 Å². The second-order valence-electron chi connectivity index (χ2n) is 6.03. The van der Waals surface area contributed by atoms with Crippen LogP contribution in [0.15, 0.2) is 48.7 Å². The summed E-state index contributed by atoms with van der Waals surface area (Å²) in [6, 6.07) is 14.2. The Kier molecular flexibility index (Phi) is 4.52. The summed E-state index contributed by atoms with van der Waals surface area (Å²) in [5.41, 5.74) is 2.98. The fourth-order valence-corrected chi connectivity index (χ4v) is 3.25. The van der Waals surface area contributed by atoms with Crippen LogP contribution in [0.3, 0.4) is 0 Å². The molecule has 0 radical (unpaired) electrons. The van der Waals surface area contributed by atoms with Crippen molar-refractivity contribution in [2.45, 2.75) is 44.6 Å². The van der Waals surface area contributed by atoms with E-state index in [1.165, 1.54) is 12.8 Å². The molecule has 1 aliphatic rings. The van der Waals surface area contributed by atoms with Crippen molar-refractivity contribution in [3.8, 4) is 0 Å². The summed E-state index contributed by atoms with van der Waals surface area (Å²) in [5.74, 6) is -0.261. The van der Waals surface area contributed by atoms with E-state index in [2.05, 4.69) is 10.3 Å². The number of aromatic nitrogens is 1. The molecule has 3 rings (SSSR count). The Hall–Kier alpha value is -2.16. The second kappa shape index (κ2) is 6.73. The summed E-state index contributed by atoms with van der Waals surface area (Å²) in [6.45, 7) is 2.05. The SMILES string of the molecule is Cc1ccccc1C(C(=O)NC1CCCC1)c1ccccn1. The molecule has 1 N–H and O–H groups in total. The molecule has 1 aromatic heterocycles. The zero-order valence-corrected chi connectivity index (χ0v) is 13.0. The quantitative estimate of drug-likeness (QED) is 0.936. The number of nitrogens with zero attached hydrogens (tertiary/aromatic N) is 1. The maximum atomic E-state index is 12.9. The maximum Gasteiger partial charge on any atom is 0.233 e. The normalized spacial score (nSPS) is 16.4. The number of benzene rings is 1. The number of amides is 1. The molecule has 1 heterocycles. The van der Waals surface area contributed by atoms with Crippen LogP contribution in [0.5, 0.6) is 0 Å². The van der Waals surface area contributed by atoms with Gasteiger partial charge in [0.15, 0.2) is 0 Å². The Balaban J connectivity index is 1.92. The van der Waals surface area contributed by atoms with Gasteiger partial charge in [-0.15, -0.1) is 0 Å². The van der Waals surface area contributed by atoms with E-state index < -0.39 is 0 Å². The Bertz CT molecular complexity index is 633. The highest BCUT2D eigenvalue weighted by atomic mass is 16.2. The average Bonchev–Trinajstić information content (AvgIpc) is 3.03. The zero-order chi connectivity index (χ0) is 15.4. The lowest BCUT2D eigenvalue weighted by Gasteiger charge is -2.21. The van der Waals surface area contributed by atoms with E-state index in [0.717, 1.165) is 29.7 Å². The van der Waals surface area contributed by atoms with Gasteiger partial charge in [0, 0.05) is 12.2 Å². The molecule has 0 bridgehead atoms. The van der Waals surface area contributed by atoms with Crippen molar-refractivity contribution in [1.82, 2.24) is 10.3 Å². The molecule has 22 heavy (non-hydrogen) atoms. The minimum absolute atomic E-state index is 0.0694. The molecular weight excluding hydrogens is 272 g/mol. The molecule has 1 fully saturated rings. The van der Waals surface area contributed by atoms with Gasteiger partial charge in [-0.3, -0.25) is 9.78 Å². The third-order valence-electron chi connectivity index (χ3n) is 4.45. The Morgan fingerprint density at radius 1 is 1.14 bits per heavy atom. The predicted octanol–water partition coefficient (Wildman–Crippen LogP) is 3.58. The van der Waals surface area contributed by atoms with Crippen molar-refractivity contribution >= 4 is 5.91 Å². The fourth-order valence-electron chi connectivity index (χ4n) is 3.25. The van der Waals surface area contributed by atoms with E-state index in [1.54, 1.807) is 6.20 Å². The van der Waals surface area contributed by atoms with Gasteiger partial charge in [0.1, 0.15) is 5.92 Å². The Labute approximate surface area is 131 Å². The number of aryl methyl sites for hydroxylation is 1. The van der Waals surface area contributed by atoms with Crippen LogP contribution in [0, 0.1) is 6.92 Å². The fraction of sp³-hybridized carbons (Fsp3) is 0.368. The third kappa shape index (κ3) is 3.19. The monoisotopic (exact) mass is 294 g/mol. The first kappa shape index (κ1) is 14.8. The number of carbonyl (C=O) groups excluding carboxylic acids is 1. The van der Waals surface area contributed by atoms with Crippen LogP contribution in [-0.4, -0.2) is 16.9 Å². The molecular formula is C19H22N2O. The Morgan fingerprint density at radius 2 is 1.86 bits per heavy atom. The summed E-state index contributed by atoms with van der Waals surface area (Å²) < 4.78 is 0. The Morgan fingerprint density at radius 3 is 2.55 bits per heavy atom. The number of rotatable bonds is 4. The van der Waals surface area contributed by atoms with Gasteiger partial charge in [-0.05, 0) is 43.0 Å². The maximum absolute atomic E-state index is 12.9. The van der Waals surface area contributed by atoms with Crippen LogP contribution in [0.1, 0.15) is 48.4 Å². The molecule has 0 saturated heterocycles. The van der Waals surface area contributed by atoms with E-state index in [1.807, 2.05) is 49.4 Å². The van der Waals surface area contributed by atoms with Gasteiger partial charge >= 0.3 is 0 Å². The van der Waals surface area contributed by atoms with Crippen molar-refractivity contribution in [2.75, 3.05) is 0 Å². The summed E-state index contributed by atoms with van der Waals surface area (Å²) >= 11 is 0. The molecule has 1 aliphatic carbocycles. The van der Waals surface area contributed by atoms with Crippen LogP contribution in [-0.2, 0) is 4.79 Å². The van der Waals surface area contributed by atoms with Gasteiger partial charge in [0.25, 0.3) is 0 Å². The summed E-state index contributed by atoms with van der Waals surface area (Å²) in [5, 5.41) is 3.22. The van der Waals surface area contributed by atoms with Crippen molar-refractivity contribution in [3.05, 3.63) is 65.5 Å². The number of carbonyl (C=O) groups is 1. The molecule has 0 spiro atoms. The van der Waals surface area contributed by atoms with Gasteiger partial charge in [-0.1, -0.05) is 43.2 Å². The lowest BCUT2D eigenvalue weighted by Crippen LogP contribution is -2.37. The van der Waals surface area contributed by atoms with Crippen LogP contribution < -0.4 is 5.32 Å². The highest BCUT2D eigenvalue weighted by Crippen LogP contribution is 2.27. The minimum Gasteiger partial charge on any atom is -0.352 e. The molecule has 1 atom stereocenters. The minimum atomic E-state index is -0.331. The van der Waals surface area contributed by atoms with Crippen molar-refractivity contribution in [3.63, 3.8) is 0 Å². The first-order valence-corrected chi connectivity index (χ1v) is 8.02. The van der Waals surface area contributed by atoms with Crippen LogP contribution >= 0.6 is 0 Å². The molecule has 3 heteroatoms. The van der Waals surface area contributed by atoms with E-state index in [0.29, 0.717) is 6.04 Å². The summed E-state index contributed by atoms with van der Waals surface area (Å²) in [6.07, 6.45) is 6.36. The van der Waals surface area contributed by atoms with E-state index in [9.17, 15) is 4.79 Å². The van der Waals surface area contributed by atoms with Crippen LogP contribution in [0.25, 0.3) is 0 Å². The van der Waals surface area contributed by atoms with Gasteiger partial charge < -0.3 is 5.32 Å². The largest absolute Gasteiger partial charge is 0.352 e. The van der Waals surface area contributed by atoms with E-state index in [4.69, 9.17) is 0 Å². The topological polar surface area (TPSA) is 42.0 Å². The highest BCUT2D eigenvalue weighted by molar-refractivity contribution is 5.87. The van der Waals surface area contributed by atoms with Crippen LogP contribution in [0.2, 0.25) is 0 Å². The van der Waals surface area contributed by atoms with Crippen LogP contribution in [0.4, 0.5) is 0 Å². The van der Waals surface area contributed by atoms with Crippen molar-refractivity contribution < 1.29 is 4.79 Å². The first-order valence-electron chi connectivity index (χ1n) is 8.02. The van der Waals surface area contributed by atoms with E-state index >= 15 is 0 Å². The van der Waals surface area contributed by atoms with E-state index in [-0.39, 0.29) is 11.8 Å². The molecule has 1 unspecified atom stereocenters. The van der Waals surface area contributed by atoms with Gasteiger partial charge in [0.2, 0.25) is 5.91 Å². The number of hydrogen-bond acceptors (Lipinski definition) is 2. The lowest BCUT2D eigenvalue weighted by atomic mass is 9.90. The van der Waals surface area contributed by atoms with Gasteiger partial charge in [-0.2, -0.15) is 0 Å². The first-order chi connectivity index (χ1) is 10.8. The molecule has 3 nitrogen and oxygen atoms in total. The molecule has 1 saturated carbocycles. The molecule has 114 valence electrons. The lowest BCUT2D eigenvalue weighted by molar-refractivity contribution is -0.122. The predicted molar refractivity (Wildman–Crippen MR) is 87.7 cm³/mol. The smallest absolute Gasteiger partial charge is 0.233 e. The number of pyridine rings is 1. The summed E-state index contributed by atoms with van der Waals surface area (Å²) in [7, 11) is 0. The number of hydrogen-bond donors (Lipinski definition) is 1. The second-order valence-corrected chi connectivity index (χ2v) is 6.03.